The van der Waals surface area contributed by atoms with Crippen molar-refractivity contribution in [3.63, 3.8) is 0 Å². The normalized spacial score (nSPS) is 10.8. The van der Waals surface area contributed by atoms with Crippen LogP contribution in [0.1, 0.15) is 34.1 Å². The summed E-state index contributed by atoms with van der Waals surface area (Å²) in [5, 5.41) is 0. The van der Waals surface area contributed by atoms with E-state index in [2.05, 4.69) is 4.74 Å². The molecule has 0 aromatic heterocycles. The highest BCUT2D eigenvalue weighted by atomic mass is 16.6. The highest BCUT2D eigenvalue weighted by Crippen LogP contribution is 1.90. The summed E-state index contributed by atoms with van der Waals surface area (Å²) in [6.45, 7) is 7.55. The zero-order valence-corrected chi connectivity index (χ0v) is 10.7. The molecule has 0 radical (unpaired) electrons. The Hall–Kier alpha value is -1.10. The molecule has 0 fully saturated rings. The van der Waals surface area contributed by atoms with E-state index in [4.69, 9.17) is 9.47 Å². The minimum Gasteiger partial charge on any atom is -0.466 e. The maximum absolute atomic E-state index is 10.3. The van der Waals surface area contributed by atoms with E-state index < -0.39 is 0 Å². The second-order valence-electron chi connectivity index (χ2n) is 3.22. The zero-order valence-electron chi connectivity index (χ0n) is 10.7. The molecule has 0 aromatic carbocycles. The number of rotatable bonds is 5. The molecule has 5 heteroatoms. The van der Waals surface area contributed by atoms with E-state index in [0.29, 0.717) is 13.2 Å². The lowest BCUT2D eigenvalue weighted by Gasteiger charge is -2.08. The minimum absolute atomic E-state index is 0.132. The third-order valence-electron chi connectivity index (χ3n) is 1.28. The van der Waals surface area contributed by atoms with Crippen molar-refractivity contribution >= 4 is 11.9 Å². The number of hydrogen-bond donors (Lipinski definition) is 0. The summed E-state index contributed by atoms with van der Waals surface area (Å²) in [5.74, 6) is -0.457. The van der Waals surface area contributed by atoms with Crippen LogP contribution >= 0.6 is 0 Å². The molecule has 0 saturated heterocycles. The molecule has 0 aliphatic rings. The van der Waals surface area contributed by atoms with Crippen molar-refractivity contribution < 1.29 is 23.8 Å². The third-order valence-corrected chi connectivity index (χ3v) is 1.28. The van der Waals surface area contributed by atoms with Crippen LogP contribution < -0.4 is 0 Å². The molecule has 0 amide bonds. The Morgan fingerprint density at radius 2 is 1.75 bits per heavy atom. The number of esters is 2. The van der Waals surface area contributed by atoms with Gasteiger partial charge in [0.2, 0.25) is 0 Å². The summed E-state index contributed by atoms with van der Waals surface area (Å²) in [5.41, 5.74) is 0. The van der Waals surface area contributed by atoms with E-state index in [-0.39, 0.29) is 18.0 Å². The predicted octanol–water partition coefficient (Wildman–Crippen LogP) is 1.54. The molecule has 16 heavy (non-hydrogen) atoms. The molecule has 0 bridgehead atoms. The quantitative estimate of drug-likeness (QED) is 0.675. The Labute approximate surface area is 97.1 Å². The largest absolute Gasteiger partial charge is 0.466 e. The Bertz CT molecular complexity index is 191. The number of methoxy groups -OCH3 is 1. The van der Waals surface area contributed by atoms with Gasteiger partial charge >= 0.3 is 11.9 Å². The molecule has 1 unspecified atom stereocenters. The summed E-state index contributed by atoms with van der Waals surface area (Å²) < 4.78 is 14.0. The fraction of sp³-hybridized carbons (Fsp3) is 0.818. The van der Waals surface area contributed by atoms with Gasteiger partial charge in [0.05, 0.1) is 13.2 Å². The van der Waals surface area contributed by atoms with E-state index in [0.717, 1.165) is 6.42 Å². The maximum Gasteiger partial charge on any atom is 0.302 e. The summed E-state index contributed by atoms with van der Waals surface area (Å²) >= 11 is 0. The third kappa shape index (κ3) is 18.6. The molecule has 0 N–H and O–H groups in total. The number of carbonyl (C=O) groups excluding carboxylic acids is 2. The van der Waals surface area contributed by atoms with Gasteiger partial charge in [-0.1, -0.05) is 6.92 Å². The number of hydrogen-bond acceptors (Lipinski definition) is 5. The van der Waals surface area contributed by atoms with E-state index in [9.17, 15) is 9.59 Å². The van der Waals surface area contributed by atoms with E-state index in [1.54, 1.807) is 14.0 Å². The van der Waals surface area contributed by atoms with Crippen LogP contribution in [0.15, 0.2) is 0 Å². The lowest BCUT2D eigenvalue weighted by Crippen LogP contribution is -2.17. The fourth-order valence-electron chi connectivity index (χ4n) is 0.798. The van der Waals surface area contributed by atoms with Crippen LogP contribution in [0.25, 0.3) is 0 Å². The van der Waals surface area contributed by atoms with Crippen LogP contribution in [-0.2, 0) is 23.8 Å². The molecule has 5 nitrogen and oxygen atoms in total. The Balaban J connectivity index is 0. The van der Waals surface area contributed by atoms with Crippen LogP contribution in [0, 0.1) is 0 Å². The van der Waals surface area contributed by atoms with Gasteiger partial charge in [0, 0.05) is 21.0 Å². The van der Waals surface area contributed by atoms with E-state index >= 15 is 0 Å². The van der Waals surface area contributed by atoms with Crippen LogP contribution in [0.3, 0.4) is 0 Å². The van der Waals surface area contributed by atoms with Crippen molar-refractivity contribution in [3.05, 3.63) is 0 Å². The summed E-state index contributed by atoms with van der Waals surface area (Å²) in [4.78, 5) is 20.2. The van der Waals surface area contributed by atoms with Crippen molar-refractivity contribution in [2.75, 3.05) is 20.3 Å². The van der Waals surface area contributed by atoms with Gasteiger partial charge in [-0.2, -0.15) is 0 Å². The van der Waals surface area contributed by atoms with Gasteiger partial charge < -0.3 is 14.2 Å². The molecule has 0 rings (SSSR count). The van der Waals surface area contributed by atoms with E-state index in [1.165, 1.54) is 13.8 Å². The molecule has 0 aromatic rings. The summed E-state index contributed by atoms with van der Waals surface area (Å²) in [6, 6.07) is 0. The van der Waals surface area contributed by atoms with Gasteiger partial charge in [0.15, 0.2) is 0 Å². The first-order chi connectivity index (χ1) is 7.43. The molecule has 0 aliphatic heterocycles. The average molecular weight is 234 g/mol. The lowest BCUT2D eigenvalue weighted by molar-refractivity contribution is -0.147. The van der Waals surface area contributed by atoms with E-state index in [1.807, 2.05) is 6.92 Å². The van der Waals surface area contributed by atoms with Crippen molar-refractivity contribution in [2.45, 2.75) is 40.2 Å². The lowest BCUT2D eigenvalue weighted by atomic mass is 10.4. The molecule has 0 heterocycles. The monoisotopic (exact) mass is 234 g/mol. The standard InChI is InChI=1S/C6H12O3.C5H10O2/c1-5(4-8-3)9-6(2)7;1-3-4-7-5(2)6/h5H,4H2,1-3H3;3-4H2,1-2H3. The number of carbonyl (C=O) groups is 2. The van der Waals surface area contributed by atoms with Gasteiger partial charge in [-0.05, 0) is 13.3 Å². The molecular formula is C11H22O5. The van der Waals surface area contributed by atoms with Crippen molar-refractivity contribution in [1.82, 2.24) is 0 Å². The summed E-state index contributed by atoms with van der Waals surface area (Å²) in [6.07, 6.45) is 0.770. The molecular weight excluding hydrogens is 212 g/mol. The number of ether oxygens (including phenoxy) is 3. The van der Waals surface area contributed by atoms with Crippen LogP contribution in [0.4, 0.5) is 0 Å². The molecule has 0 aliphatic carbocycles. The summed E-state index contributed by atoms with van der Waals surface area (Å²) in [7, 11) is 1.57. The second kappa shape index (κ2) is 12.0. The SMILES string of the molecule is CCCOC(C)=O.COCC(C)OC(C)=O. The highest BCUT2D eigenvalue weighted by Gasteiger charge is 2.02. The van der Waals surface area contributed by atoms with Crippen molar-refractivity contribution in [3.8, 4) is 0 Å². The zero-order chi connectivity index (χ0) is 13.0. The van der Waals surface area contributed by atoms with Gasteiger partial charge in [-0.3, -0.25) is 9.59 Å². The molecule has 0 saturated carbocycles. The van der Waals surface area contributed by atoms with Gasteiger partial charge in [0.1, 0.15) is 6.10 Å². The smallest absolute Gasteiger partial charge is 0.302 e. The second-order valence-corrected chi connectivity index (χ2v) is 3.22. The van der Waals surface area contributed by atoms with Crippen molar-refractivity contribution in [1.29, 1.82) is 0 Å². The minimum atomic E-state index is -0.264. The van der Waals surface area contributed by atoms with Gasteiger partial charge in [0.25, 0.3) is 0 Å². The van der Waals surface area contributed by atoms with Gasteiger partial charge in [-0.25, -0.2) is 0 Å². The molecule has 96 valence electrons. The predicted molar refractivity (Wildman–Crippen MR) is 60.0 cm³/mol. The fourth-order valence-corrected chi connectivity index (χ4v) is 0.798. The van der Waals surface area contributed by atoms with Crippen LogP contribution in [-0.4, -0.2) is 38.4 Å². The Morgan fingerprint density at radius 3 is 2.00 bits per heavy atom. The Morgan fingerprint density at radius 1 is 1.19 bits per heavy atom. The van der Waals surface area contributed by atoms with Crippen LogP contribution in [0.2, 0.25) is 0 Å². The Kier molecular flexibility index (Phi) is 12.9. The average Bonchev–Trinajstić information content (AvgIpc) is 2.14. The first kappa shape index (κ1) is 17.3. The topological polar surface area (TPSA) is 61.8 Å². The van der Waals surface area contributed by atoms with Crippen molar-refractivity contribution in [2.24, 2.45) is 0 Å². The maximum atomic E-state index is 10.3. The van der Waals surface area contributed by atoms with Gasteiger partial charge in [-0.15, -0.1) is 0 Å². The first-order valence-electron chi connectivity index (χ1n) is 5.23. The molecule has 0 spiro atoms. The highest BCUT2D eigenvalue weighted by molar-refractivity contribution is 5.66. The first-order valence-corrected chi connectivity index (χ1v) is 5.23. The van der Waals surface area contributed by atoms with Crippen LogP contribution in [0.5, 0.6) is 0 Å². The molecule has 1 atom stereocenters.